The van der Waals surface area contributed by atoms with Crippen LogP contribution in [-0.2, 0) is 0 Å². The maximum Gasteiger partial charge on any atom is 0.254 e. The summed E-state index contributed by atoms with van der Waals surface area (Å²) in [5.74, 6) is 1.80. The number of pyridine rings is 1. The highest BCUT2D eigenvalue weighted by Crippen LogP contribution is 2.23. The number of carbonyl (C=O) groups excluding carboxylic acids is 1. The number of amides is 1. The quantitative estimate of drug-likeness (QED) is 0.812. The third-order valence-corrected chi connectivity index (χ3v) is 5.79. The number of piperidine rings is 1. The van der Waals surface area contributed by atoms with Crippen molar-refractivity contribution >= 4 is 17.7 Å². The van der Waals surface area contributed by atoms with Gasteiger partial charge in [-0.05, 0) is 43.9 Å². The number of hydrogen-bond donors (Lipinski definition) is 0. The summed E-state index contributed by atoms with van der Waals surface area (Å²) in [6.45, 7) is 6.39. The number of carbonyl (C=O) groups is 1. The van der Waals surface area contributed by atoms with Crippen LogP contribution in [0.4, 0.5) is 11.8 Å². The van der Waals surface area contributed by atoms with Crippen molar-refractivity contribution in [1.29, 1.82) is 0 Å². The molecular formula is C21H28N6O. The Kier molecular flexibility index (Phi) is 5.69. The van der Waals surface area contributed by atoms with Gasteiger partial charge in [0.15, 0.2) is 0 Å². The fraction of sp³-hybridized carbons (Fsp3) is 0.524. The molecular weight excluding hydrogens is 352 g/mol. The second-order valence-corrected chi connectivity index (χ2v) is 7.48. The van der Waals surface area contributed by atoms with Crippen LogP contribution in [0.1, 0.15) is 43.0 Å². The number of rotatable bonds is 4. The predicted molar refractivity (Wildman–Crippen MR) is 110 cm³/mol. The normalized spacial score (nSPS) is 20.3. The molecule has 1 amide bonds. The van der Waals surface area contributed by atoms with Gasteiger partial charge < -0.3 is 14.7 Å². The van der Waals surface area contributed by atoms with Crippen LogP contribution in [0, 0.1) is 0 Å². The standard InChI is InChI=1S/C21H28N6O/c1-2-18-6-3-4-11-27(18)20(28)17-7-10-22-19(16-17)25-12-14-26(15-13-25)21-23-8-5-9-24-21/h5,7-10,16,18H,2-4,6,11-15H2,1H3. The molecule has 2 aromatic rings. The summed E-state index contributed by atoms with van der Waals surface area (Å²) in [6.07, 6.45) is 9.77. The van der Waals surface area contributed by atoms with Crippen LogP contribution < -0.4 is 9.80 Å². The van der Waals surface area contributed by atoms with Gasteiger partial charge in [0, 0.05) is 62.9 Å². The average molecular weight is 380 g/mol. The smallest absolute Gasteiger partial charge is 0.254 e. The lowest BCUT2D eigenvalue weighted by Crippen LogP contribution is -2.47. The second-order valence-electron chi connectivity index (χ2n) is 7.48. The predicted octanol–water partition coefficient (Wildman–Crippen LogP) is 2.60. The highest BCUT2D eigenvalue weighted by molar-refractivity contribution is 5.95. The lowest BCUT2D eigenvalue weighted by atomic mass is 9.99. The number of aromatic nitrogens is 3. The van der Waals surface area contributed by atoms with Gasteiger partial charge in [0.2, 0.25) is 5.95 Å². The highest BCUT2D eigenvalue weighted by Gasteiger charge is 2.27. The second kappa shape index (κ2) is 8.54. The van der Waals surface area contributed by atoms with Crippen molar-refractivity contribution in [2.75, 3.05) is 42.5 Å². The molecule has 28 heavy (non-hydrogen) atoms. The van der Waals surface area contributed by atoms with Crippen LogP contribution in [0.25, 0.3) is 0 Å². The number of hydrogen-bond acceptors (Lipinski definition) is 6. The minimum atomic E-state index is 0.145. The van der Waals surface area contributed by atoms with Gasteiger partial charge >= 0.3 is 0 Å². The van der Waals surface area contributed by atoms with Gasteiger partial charge in [-0.2, -0.15) is 0 Å². The molecule has 0 N–H and O–H groups in total. The fourth-order valence-corrected chi connectivity index (χ4v) is 4.17. The van der Waals surface area contributed by atoms with Gasteiger partial charge in [-0.1, -0.05) is 6.92 Å². The van der Waals surface area contributed by atoms with Gasteiger partial charge in [-0.25, -0.2) is 15.0 Å². The van der Waals surface area contributed by atoms with Crippen molar-refractivity contribution in [3.05, 3.63) is 42.4 Å². The molecule has 4 heterocycles. The van der Waals surface area contributed by atoms with E-state index < -0.39 is 0 Å². The van der Waals surface area contributed by atoms with Crippen molar-refractivity contribution in [2.45, 2.75) is 38.6 Å². The molecule has 0 spiro atoms. The van der Waals surface area contributed by atoms with E-state index in [0.29, 0.717) is 6.04 Å². The third kappa shape index (κ3) is 3.93. The summed E-state index contributed by atoms with van der Waals surface area (Å²) in [7, 11) is 0. The largest absolute Gasteiger partial charge is 0.353 e. The van der Waals surface area contributed by atoms with Crippen LogP contribution in [0.15, 0.2) is 36.8 Å². The molecule has 1 unspecified atom stereocenters. The Labute approximate surface area is 166 Å². The topological polar surface area (TPSA) is 65.5 Å². The molecule has 2 fully saturated rings. The maximum atomic E-state index is 13.1. The summed E-state index contributed by atoms with van der Waals surface area (Å²) >= 11 is 0. The van der Waals surface area contributed by atoms with Crippen LogP contribution in [-0.4, -0.2) is 64.5 Å². The number of nitrogens with zero attached hydrogens (tertiary/aromatic N) is 6. The molecule has 1 atom stereocenters. The monoisotopic (exact) mass is 380 g/mol. The van der Waals surface area contributed by atoms with Crippen molar-refractivity contribution in [1.82, 2.24) is 19.9 Å². The van der Waals surface area contributed by atoms with Gasteiger partial charge in [-0.15, -0.1) is 0 Å². The molecule has 148 valence electrons. The van der Waals surface area contributed by atoms with Gasteiger partial charge in [0.1, 0.15) is 5.82 Å². The first kappa shape index (κ1) is 18.7. The zero-order valence-corrected chi connectivity index (χ0v) is 16.5. The molecule has 0 bridgehead atoms. The first-order valence-corrected chi connectivity index (χ1v) is 10.3. The van der Waals surface area contributed by atoms with Crippen molar-refractivity contribution in [3.8, 4) is 0 Å². The van der Waals surface area contributed by atoms with E-state index in [4.69, 9.17) is 0 Å². The van der Waals surface area contributed by atoms with Crippen molar-refractivity contribution in [3.63, 3.8) is 0 Å². The summed E-state index contributed by atoms with van der Waals surface area (Å²) in [5, 5.41) is 0. The van der Waals surface area contributed by atoms with E-state index in [9.17, 15) is 4.79 Å². The molecule has 2 aromatic heterocycles. The van der Waals surface area contributed by atoms with Crippen LogP contribution in [0.2, 0.25) is 0 Å². The van der Waals surface area contributed by atoms with Gasteiger partial charge in [-0.3, -0.25) is 4.79 Å². The zero-order chi connectivity index (χ0) is 19.3. The van der Waals surface area contributed by atoms with Crippen molar-refractivity contribution in [2.24, 2.45) is 0 Å². The number of anilines is 2. The SMILES string of the molecule is CCC1CCCCN1C(=O)c1ccnc(N2CCN(c3ncccn3)CC2)c1. The molecule has 0 radical (unpaired) electrons. The Morgan fingerprint density at radius 3 is 2.50 bits per heavy atom. The van der Waals surface area contributed by atoms with E-state index in [1.165, 1.54) is 6.42 Å². The molecule has 0 aliphatic carbocycles. The Morgan fingerprint density at radius 2 is 1.75 bits per heavy atom. The maximum absolute atomic E-state index is 13.1. The average Bonchev–Trinajstić information content (AvgIpc) is 2.79. The van der Waals surface area contributed by atoms with Gasteiger partial charge in [0.25, 0.3) is 5.91 Å². The Morgan fingerprint density at radius 1 is 1.00 bits per heavy atom. The number of likely N-dealkylation sites (tertiary alicyclic amines) is 1. The lowest BCUT2D eigenvalue weighted by molar-refractivity contribution is 0.0608. The summed E-state index contributed by atoms with van der Waals surface area (Å²) < 4.78 is 0. The first-order chi connectivity index (χ1) is 13.8. The van der Waals surface area contributed by atoms with Crippen LogP contribution >= 0.6 is 0 Å². The molecule has 7 heteroatoms. The summed E-state index contributed by atoms with van der Waals surface area (Å²) in [4.78, 5) is 32.8. The number of piperazine rings is 1. The molecule has 4 rings (SSSR count). The van der Waals surface area contributed by atoms with E-state index in [-0.39, 0.29) is 5.91 Å². The molecule has 2 aliphatic rings. The van der Waals surface area contributed by atoms with Gasteiger partial charge in [0.05, 0.1) is 0 Å². The Bertz CT molecular complexity index is 790. The fourth-order valence-electron chi connectivity index (χ4n) is 4.17. The van der Waals surface area contributed by atoms with Crippen LogP contribution in [0.5, 0.6) is 0 Å². The molecule has 0 saturated carbocycles. The van der Waals surface area contributed by atoms with E-state index in [0.717, 1.165) is 69.3 Å². The first-order valence-electron chi connectivity index (χ1n) is 10.3. The third-order valence-electron chi connectivity index (χ3n) is 5.79. The minimum Gasteiger partial charge on any atom is -0.353 e. The molecule has 2 saturated heterocycles. The lowest BCUT2D eigenvalue weighted by Gasteiger charge is -2.36. The Balaban J connectivity index is 1.43. The molecule has 0 aromatic carbocycles. The van der Waals surface area contributed by atoms with E-state index in [1.54, 1.807) is 18.6 Å². The highest BCUT2D eigenvalue weighted by atomic mass is 16.2. The van der Waals surface area contributed by atoms with Crippen LogP contribution in [0.3, 0.4) is 0 Å². The van der Waals surface area contributed by atoms with E-state index in [2.05, 4.69) is 36.6 Å². The van der Waals surface area contributed by atoms with Crippen molar-refractivity contribution < 1.29 is 4.79 Å². The van der Waals surface area contributed by atoms with E-state index in [1.807, 2.05) is 18.2 Å². The summed E-state index contributed by atoms with van der Waals surface area (Å²) in [6, 6.07) is 6.00. The molecule has 2 aliphatic heterocycles. The Hall–Kier alpha value is -2.70. The summed E-state index contributed by atoms with van der Waals surface area (Å²) in [5.41, 5.74) is 0.749. The van der Waals surface area contributed by atoms with E-state index >= 15 is 0 Å². The molecule has 7 nitrogen and oxygen atoms in total. The minimum absolute atomic E-state index is 0.145. The zero-order valence-electron chi connectivity index (χ0n) is 16.5.